The van der Waals surface area contributed by atoms with E-state index in [9.17, 15) is 19.6 Å². The van der Waals surface area contributed by atoms with Crippen LogP contribution < -0.4 is 10.6 Å². The number of nitrogens with zero attached hydrogens (tertiary/aromatic N) is 2. The van der Waals surface area contributed by atoms with E-state index >= 15 is 0 Å². The predicted octanol–water partition coefficient (Wildman–Crippen LogP) is 1.17. The number of halogens is 1. The average Bonchev–Trinajstić information content (AvgIpc) is 3.49. The predicted molar refractivity (Wildman–Crippen MR) is 123 cm³/mol. The molecule has 1 saturated heterocycles. The van der Waals surface area contributed by atoms with E-state index in [1.54, 1.807) is 12.3 Å². The summed E-state index contributed by atoms with van der Waals surface area (Å²) in [7, 11) is -2.88. The minimum absolute atomic E-state index is 0.0261. The lowest BCUT2D eigenvalue weighted by molar-refractivity contribution is -0.0610. The van der Waals surface area contributed by atoms with Crippen LogP contribution in [0.4, 0.5) is 5.69 Å². The van der Waals surface area contributed by atoms with Gasteiger partial charge in [0.25, 0.3) is 5.91 Å². The summed E-state index contributed by atoms with van der Waals surface area (Å²) in [5.41, 5.74) is 1.10. The van der Waals surface area contributed by atoms with Crippen LogP contribution in [0.25, 0.3) is 11.0 Å². The van der Waals surface area contributed by atoms with Crippen molar-refractivity contribution in [3.8, 4) is 0 Å². The van der Waals surface area contributed by atoms with Gasteiger partial charge in [-0.3, -0.25) is 9.36 Å². The van der Waals surface area contributed by atoms with Crippen molar-refractivity contribution in [2.45, 2.75) is 56.3 Å². The SMILES string of the molecule is CNC(=O)c1c(Cl)nc2c(ccn2C2O[C@H](COCP(=O)(O)O)[C@@H](O)[C@H]2O)c1NC1CCCC1. The van der Waals surface area contributed by atoms with Crippen molar-refractivity contribution in [2.75, 3.05) is 25.3 Å². The van der Waals surface area contributed by atoms with Gasteiger partial charge in [0.15, 0.2) is 6.23 Å². The number of carbonyl (C=O) groups excluding carboxylic acids is 1. The minimum atomic E-state index is -4.38. The van der Waals surface area contributed by atoms with Crippen molar-refractivity contribution in [1.82, 2.24) is 14.9 Å². The summed E-state index contributed by atoms with van der Waals surface area (Å²) in [4.78, 5) is 34.9. The van der Waals surface area contributed by atoms with E-state index in [-0.39, 0.29) is 29.3 Å². The van der Waals surface area contributed by atoms with Crippen LogP contribution in [0.1, 0.15) is 42.3 Å². The summed E-state index contributed by atoms with van der Waals surface area (Å²) in [6.07, 6.45) is 0.0442. The molecule has 188 valence electrons. The van der Waals surface area contributed by atoms with Crippen LogP contribution in [0.5, 0.6) is 0 Å². The second-order valence-corrected chi connectivity index (χ2v) is 10.5. The van der Waals surface area contributed by atoms with Gasteiger partial charge in [0, 0.05) is 24.7 Å². The fraction of sp³-hybridized carbons (Fsp3) is 0.600. The second kappa shape index (κ2) is 10.1. The molecule has 1 aliphatic heterocycles. The molecule has 4 rings (SSSR count). The highest BCUT2D eigenvalue weighted by molar-refractivity contribution is 7.51. The van der Waals surface area contributed by atoms with E-state index in [0.717, 1.165) is 25.7 Å². The number of rotatable bonds is 8. The first kappa shape index (κ1) is 25.3. The van der Waals surface area contributed by atoms with E-state index in [4.69, 9.17) is 30.9 Å². The number of aliphatic hydroxyl groups excluding tert-OH is 2. The summed E-state index contributed by atoms with van der Waals surface area (Å²) >= 11 is 6.44. The Morgan fingerprint density at radius 2 is 2.03 bits per heavy atom. The first-order valence-electron chi connectivity index (χ1n) is 10.9. The van der Waals surface area contributed by atoms with Gasteiger partial charge in [0.1, 0.15) is 41.0 Å². The van der Waals surface area contributed by atoms with E-state index in [2.05, 4.69) is 15.6 Å². The Hall–Kier alpha value is -1.76. The van der Waals surface area contributed by atoms with E-state index in [0.29, 0.717) is 16.7 Å². The average molecular weight is 519 g/mol. The molecule has 1 unspecified atom stereocenters. The second-order valence-electron chi connectivity index (χ2n) is 8.53. The molecule has 2 aromatic heterocycles. The van der Waals surface area contributed by atoms with Gasteiger partial charge in [-0.15, -0.1) is 0 Å². The van der Waals surface area contributed by atoms with Crippen LogP contribution in [0.3, 0.4) is 0 Å². The zero-order valence-corrected chi connectivity index (χ0v) is 20.1. The van der Waals surface area contributed by atoms with Crippen molar-refractivity contribution in [3.63, 3.8) is 0 Å². The number of hydrogen-bond acceptors (Lipinski definition) is 8. The van der Waals surface area contributed by atoms with Crippen molar-refractivity contribution >= 4 is 41.8 Å². The minimum Gasteiger partial charge on any atom is -0.387 e. The van der Waals surface area contributed by atoms with Crippen LogP contribution in [-0.4, -0.2) is 79.8 Å². The maximum atomic E-state index is 12.6. The molecule has 1 saturated carbocycles. The maximum Gasteiger partial charge on any atom is 0.350 e. The third-order valence-electron chi connectivity index (χ3n) is 6.13. The summed E-state index contributed by atoms with van der Waals surface area (Å²) in [6.45, 7) is -0.331. The van der Waals surface area contributed by atoms with Crippen LogP contribution in [-0.2, 0) is 14.0 Å². The van der Waals surface area contributed by atoms with Gasteiger partial charge in [0.05, 0.1) is 12.3 Å². The number of fused-ring (bicyclic) bond motifs is 1. The molecule has 0 aromatic carbocycles. The lowest BCUT2D eigenvalue weighted by Gasteiger charge is -2.20. The van der Waals surface area contributed by atoms with Crippen molar-refractivity contribution < 1.29 is 38.8 Å². The number of amides is 1. The van der Waals surface area contributed by atoms with Crippen LogP contribution in [0, 0.1) is 0 Å². The topological polar surface area (TPSA) is 175 Å². The monoisotopic (exact) mass is 518 g/mol. The molecule has 0 radical (unpaired) electrons. The Balaban J connectivity index is 1.66. The first-order valence-corrected chi connectivity index (χ1v) is 13.1. The molecule has 14 heteroatoms. The molecule has 34 heavy (non-hydrogen) atoms. The van der Waals surface area contributed by atoms with E-state index in [1.807, 2.05) is 0 Å². The molecule has 0 bridgehead atoms. The molecule has 2 aromatic rings. The van der Waals surface area contributed by atoms with E-state index in [1.165, 1.54) is 11.6 Å². The quantitative estimate of drug-likeness (QED) is 0.220. The van der Waals surface area contributed by atoms with Gasteiger partial charge in [-0.1, -0.05) is 24.4 Å². The lowest BCUT2D eigenvalue weighted by atomic mass is 10.1. The smallest absolute Gasteiger partial charge is 0.350 e. The molecule has 6 N–H and O–H groups in total. The molecule has 1 aliphatic carbocycles. The van der Waals surface area contributed by atoms with Crippen molar-refractivity contribution in [2.24, 2.45) is 0 Å². The Kier molecular flexibility index (Phi) is 7.51. The largest absolute Gasteiger partial charge is 0.387 e. The molecule has 0 spiro atoms. The molecule has 12 nitrogen and oxygen atoms in total. The summed E-state index contributed by atoms with van der Waals surface area (Å²) < 4.78 is 23.2. The van der Waals surface area contributed by atoms with Gasteiger partial charge in [0.2, 0.25) is 0 Å². The Morgan fingerprint density at radius 3 is 2.68 bits per heavy atom. The highest BCUT2D eigenvalue weighted by atomic mass is 35.5. The van der Waals surface area contributed by atoms with E-state index < -0.39 is 38.5 Å². The zero-order valence-electron chi connectivity index (χ0n) is 18.4. The third-order valence-corrected chi connectivity index (χ3v) is 6.92. The standard InChI is InChI=1S/C20H28ClN4O8P/c1-22-19(28)13-14(23-10-4-2-3-5-10)11-6-7-25(18(11)24-17(13)21)20-16(27)15(26)12(33-20)8-32-9-34(29,30)31/h6-7,10,12,15-16,20,26-27H,2-5,8-9H2,1H3,(H,22,28)(H,23,24)(H2,29,30,31)/t12-,15-,16-,20?/m1/s1. The van der Waals surface area contributed by atoms with Gasteiger partial charge in [-0.25, -0.2) is 4.98 Å². The molecular formula is C20H28ClN4O8P. The molecular weight excluding hydrogens is 491 g/mol. The fourth-order valence-electron chi connectivity index (χ4n) is 4.49. The third kappa shape index (κ3) is 5.09. The molecule has 2 fully saturated rings. The Labute approximate surface area is 200 Å². The Bertz CT molecular complexity index is 1100. The zero-order chi connectivity index (χ0) is 24.6. The van der Waals surface area contributed by atoms with Gasteiger partial charge >= 0.3 is 7.60 Å². The van der Waals surface area contributed by atoms with Crippen LogP contribution in [0.15, 0.2) is 12.3 Å². The van der Waals surface area contributed by atoms with Crippen molar-refractivity contribution in [3.05, 3.63) is 23.0 Å². The molecule has 2 aliphatic rings. The number of hydrogen-bond donors (Lipinski definition) is 6. The number of pyridine rings is 1. The normalized spacial score (nSPS) is 25.8. The maximum absolute atomic E-state index is 12.6. The summed E-state index contributed by atoms with van der Waals surface area (Å²) in [5.74, 6) is -0.387. The molecule has 1 amide bonds. The van der Waals surface area contributed by atoms with Gasteiger partial charge in [-0.2, -0.15) is 0 Å². The molecule has 4 atom stereocenters. The van der Waals surface area contributed by atoms with Gasteiger partial charge < -0.3 is 44.7 Å². The summed E-state index contributed by atoms with van der Waals surface area (Å²) in [6, 6.07) is 1.90. The number of ether oxygens (including phenoxy) is 2. The number of carbonyl (C=O) groups is 1. The molecule has 3 heterocycles. The number of anilines is 1. The highest BCUT2D eigenvalue weighted by Gasteiger charge is 2.44. The number of nitrogens with one attached hydrogen (secondary N) is 2. The van der Waals surface area contributed by atoms with Crippen LogP contribution >= 0.6 is 19.2 Å². The highest BCUT2D eigenvalue weighted by Crippen LogP contribution is 2.39. The first-order chi connectivity index (χ1) is 16.1. The number of aliphatic hydroxyl groups is 2. The number of aromatic nitrogens is 2. The van der Waals surface area contributed by atoms with Crippen molar-refractivity contribution in [1.29, 1.82) is 0 Å². The van der Waals surface area contributed by atoms with Gasteiger partial charge in [-0.05, 0) is 18.9 Å². The lowest BCUT2D eigenvalue weighted by Crippen LogP contribution is -2.34. The fourth-order valence-corrected chi connectivity index (χ4v) is 5.09. The Morgan fingerprint density at radius 1 is 1.32 bits per heavy atom. The van der Waals surface area contributed by atoms with Crippen LogP contribution in [0.2, 0.25) is 5.15 Å². The summed E-state index contributed by atoms with van der Waals surface area (Å²) in [5, 5.41) is 27.6.